The minimum Gasteiger partial charge on any atom is -0.493 e. The van der Waals surface area contributed by atoms with Crippen LogP contribution in [0.1, 0.15) is 31.0 Å². The van der Waals surface area contributed by atoms with Crippen LogP contribution in [-0.4, -0.2) is 43.4 Å². The molecule has 198 valence electrons. The van der Waals surface area contributed by atoms with Crippen molar-refractivity contribution in [2.45, 2.75) is 19.9 Å². The van der Waals surface area contributed by atoms with Crippen molar-refractivity contribution in [3.8, 4) is 17.2 Å². The number of aromatic nitrogens is 1. The molecular weight excluding hydrogens is 514 g/mol. The first-order valence-electron chi connectivity index (χ1n) is 11.5. The molecule has 1 aliphatic heterocycles. The Morgan fingerprint density at radius 1 is 1.16 bits per heavy atom. The molecule has 38 heavy (non-hydrogen) atoms. The van der Waals surface area contributed by atoms with Crippen LogP contribution in [0.5, 0.6) is 17.2 Å². The molecule has 0 fully saturated rings. The topological polar surface area (TPSA) is 131 Å². The first-order valence-corrected chi connectivity index (χ1v) is 12.3. The van der Waals surface area contributed by atoms with Gasteiger partial charge in [0.25, 0.3) is 11.2 Å². The number of ether oxygens (including phenoxy) is 4. The second kappa shape index (κ2) is 10.9. The molecule has 1 aliphatic rings. The lowest BCUT2D eigenvalue weighted by Gasteiger charge is -2.24. The van der Waals surface area contributed by atoms with Crippen molar-refractivity contribution in [3.05, 3.63) is 88.6 Å². The summed E-state index contributed by atoms with van der Waals surface area (Å²) in [6.07, 6.45) is 1.63. The summed E-state index contributed by atoms with van der Waals surface area (Å²) in [5.74, 6) is 0.517. The standard InChI is InChI=1S/C26H25N3O8S/c1-6-37-25(31)21-14(2)27-26-28(22(21)16-9-7-8-10-17(16)29(32)33)24(30)20(38-26)13-15-11-18(34-3)23(36-5)19(12-15)35-4/h7-13,22H,6H2,1-5H3. The number of hydrogen-bond donors (Lipinski definition) is 0. The zero-order valence-electron chi connectivity index (χ0n) is 21.3. The number of allylic oxidation sites excluding steroid dienone is 1. The summed E-state index contributed by atoms with van der Waals surface area (Å²) in [5, 5.41) is 11.9. The highest BCUT2D eigenvalue weighted by Crippen LogP contribution is 2.38. The normalized spacial score (nSPS) is 15.0. The first kappa shape index (κ1) is 26.6. The summed E-state index contributed by atoms with van der Waals surface area (Å²) in [6.45, 7) is 3.36. The lowest BCUT2D eigenvalue weighted by Crippen LogP contribution is -2.40. The van der Waals surface area contributed by atoms with Crippen LogP contribution in [0.3, 0.4) is 0 Å². The van der Waals surface area contributed by atoms with Crippen LogP contribution < -0.4 is 29.1 Å². The van der Waals surface area contributed by atoms with Gasteiger partial charge in [0.1, 0.15) is 6.04 Å². The molecule has 12 heteroatoms. The quantitative estimate of drug-likeness (QED) is 0.243. The van der Waals surface area contributed by atoms with Gasteiger partial charge in [-0.1, -0.05) is 23.5 Å². The summed E-state index contributed by atoms with van der Waals surface area (Å²) < 4.78 is 23.0. The highest BCUT2D eigenvalue weighted by atomic mass is 32.1. The largest absolute Gasteiger partial charge is 0.493 e. The van der Waals surface area contributed by atoms with Crippen LogP contribution in [0.25, 0.3) is 6.08 Å². The Morgan fingerprint density at radius 2 is 1.82 bits per heavy atom. The third-order valence-corrected chi connectivity index (χ3v) is 6.91. The smallest absolute Gasteiger partial charge is 0.338 e. The van der Waals surface area contributed by atoms with E-state index in [4.69, 9.17) is 18.9 Å². The van der Waals surface area contributed by atoms with E-state index in [9.17, 15) is 19.7 Å². The molecule has 1 atom stereocenters. The molecule has 0 amide bonds. The first-order chi connectivity index (χ1) is 18.2. The number of esters is 1. The Hall–Kier alpha value is -4.45. The van der Waals surface area contributed by atoms with Gasteiger partial charge in [-0.25, -0.2) is 9.79 Å². The summed E-state index contributed by atoms with van der Waals surface area (Å²) in [5.41, 5.74) is 0.442. The molecule has 0 saturated heterocycles. The van der Waals surface area contributed by atoms with E-state index in [1.807, 2.05) is 0 Å². The number of nitro groups is 1. The van der Waals surface area contributed by atoms with Crippen LogP contribution in [0.15, 0.2) is 57.5 Å². The predicted molar refractivity (Wildman–Crippen MR) is 140 cm³/mol. The Kier molecular flexibility index (Phi) is 7.62. The van der Waals surface area contributed by atoms with Gasteiger partial charge in [0, 0.05) is 6.07 Å². The highest BCUT2D eigenvalue weighted by Gasteiger charge is 2.36. The number of thiazole rings is 1. The Balaban J connectivity index is 2.00. The maximum absolute atomic E-state index is 13.8. The fourth-order valence-electron chi connectivity index (χ4n) is 4.31. The number of nitrogens with zero attached hydrogens (tertiary/aromatic N) is 3. The van der Waals surface area contributed by atoms with Gasteiger partial charge in [-0.3, -0.25) is 19.5 Å². The van der Waals surface area contributed by atoms with E-state index in [0.29, 0.717) is 37.8 Å². The van der Waals surface area contributed by atoms with Crippen LogP contribution in [-0.2, 0) is 9.53 Å². The van der Waals surface area contributed by atoms with Crippen molar-refractivity contribution in [1.82, 2.24) is 4.57 Å². The molecule has 4 rings (SSSR count). The lowest BCUT2D eigenvalue weighted by molar-refractivity contribution is -0.385. The minimum atomic E-state index is -1.10. The van der Waals surface area contributed by atoms with Gasteiger partial charge in [-0.05, 0) is 43.7 Å². The number of carbonyl (C=O) groups is 1. The van der Waals surface area contributed by atoms with Crippen LogP contribution in [0, 0.1) is 10.1 Å². The molecule has 0 radical (unpaired) electrons. The van der Waals surface area contributed by atoms with Crippen molar-refractivity contribution >= 4 is 29.1 Å². The van der Waals surface area contributed by atoms with Crippen molar-refractivity contribution in [1.29, 1.82) is 0 Å². The monoisotopic (exact) mass is 539 g/mol. The van der Waals surface area contributed by atoms with Crippen molar-refractivity contribution in [2.75, 3.05) is 27.9 Å². The molecule has 3 aromatic rings. The van der Waals surface area contributed by atoms with Crippen molar-refractivity contribution < 1.29 is 28.7 Å². The van der Waals surface area contributed by atoms with E-state index in [0.717, 1.165) is 11.3 Å². The van der Waals surface area contributed by atoms with E-state index in [1.54, 1.807) is 38.1 Å². The molecule has 11 nitrogen and oxygen atoms in total. The summed E-state index contributed by atoms with van der Waals surface area (Å²) in [6, 6.07) is 8.27. The molecule has 2 aromatic carbocycles. The van der Waals surface area contributed by atoms with Gasteiger partial charge in [0.15, 0.2) is 16.3 Å². The fraction of sp³-hybridized carbons (Fsp3) is 0.269. The molecular formula is C26H25N3O8S. The summed E-state index contributed by atoms with van der Waals surface area (Å²) in [4.78, 5) is 43.0. The summed E-state index contributed by atoms with van der Waals surface area (Å²) in [7, 11) is 4.47. The van der Waals surface area contributed by atoms with Gasteiger partial charge in [0.05, 0.1) is 54.2 Å². The molecule has 1 unspecified atom stereocenters. The number of benzene rings is 2. The van der Waals surface area contributed by atoms with Gasteiger partial charge in [-0.15, -0.1) is 0 Å². The van der Waals surface area contributed by atoms with Gasteiger partial charge >= 0.3 is 5.97 Å². The SMILES string of the molecule is CCOC(=O)C1=C(C)N=c2sc(=Cc3cc(OC)c(OC)c(OC)c3)c(=O)n2C1c1ccccc1[N+](=O)[O-]. The number of rotatable bonds is 8. The maximum atomic E-state index is 13.8. The Bertz CT molecular complexity index is 1610. The van der Waals surface area contributed by atoms with Gasteiger partial charge in [-0.2, -0.15) is 0 Å². The molecule has 0 aliphatic carbocycles. The van der Waals surface area contributed by atoms with Crippen LogP contribution in [0.2, 0.25) is 0 Å². The van der Waals surface area contributed by atoms with Gasteiger partial charge in [0.2, 0.25) is 5.75 Å². The zero-order chi connectivity index (χ0) is 27.6. The average molecular weight is 540 g/mol. The van der Waals surface area contributed by atoms with Crippen LogP contribution >= 0.6 is 11.3 Å². The zero-order valence-corrected chi connectivity index (χ0v) is 22.2. The molecule has 1 aromatic heterocycles. The van der Waals surface area contributed by atoms with Gasteiger partial charge < -0.3 is 18.9 Å². The third kappa shape index (κ3) is 4.65. The minimum absolute atomic E-state index is 0.0629. The lowest BCUT2D eigenvalue weighted by atomic mass is 9.94. The van der Waals surface area contributed by atoms with Crippen LogP contribution in [0.4, 0.5) is 5.69 Å². The molecule has 0 bridgehead atoms. The number of nitro benzene ring substituents is 1. The fourth-order valence-corrected chi connectivity index (χ4v) is 5.35. The number of carbonyl (C=O) groups excluding carboxylic acids is 1. The summed E-state index contributed by atoms with van der Waals surface area (Å²) >= 11 is 1.10. The molecule has 2 heterocycles. The van der Waals surface area contributed by atoms with Crippen molar-refractivity contribution in [3.63, 3.8) is 0 Å². The highest BCUT2D eigenvalue weighted by molar-refractivity contribution is 7.07. The molecule has 0 saturated carbocycles. The average Bonchev–Trinajstić information content (AvgIpc) is 3.21. The second-order valence-electron chi connectivity index (χ2n) is 8.08. The number of methoxy groups -OCH3 is 3. The number of para-hydroxylation sites is 1. The van der Waals surface area contributed by atoms with E-state index in [2.05, 4.69) is 4.99 Å². The van der Waals surface area contributed by atoms with E-state index in [-0.39, 0.29) is 23.4 Å². The third-order valence-electron chi connectivity index (χ3n) is 5.93. The second-order valence-corrected chi connectivity index (χ2v) is 9.09. The number of fused-ring (bicyclic) bond motifs is 1. The maximum Gasteiger partial charge on any atom is 0.338 e. The van der Waals surface area contributed by atoms with E-state index < -0.39 is 22.5 Å². The predicted octanol–water partition coefficient (Wildman–Crippen LogP) is 2.73. The molecule has 0 N–H and O–H groups in total. The Labute approximate surface area is 221 Å². The van der Waals surface area contributed by atoms with E-state index in [1.165, 1.54) is 44.1 Å². The Morgan fingerprint density at radius 3 is 2.39 bits per heavy atom. The van der Waals surface area contributed by atoms with Crippen molar-refractivity contribution in [2.24, 2.45) is 4.99 Å². The molecule has 0 spiro atoms. The van der Waals surface area contributed by atoms with E-state index >= 15 is 0 Å². The number of hydrogen-bond acceptors (Lipinski definition) is 10.